The van der Waals surface area contributed by atoms with Crippen molar-refractivity contribution in [3.05, 3.63) is 59.4 Å². The average Bonchev–Trinajstić information content (AvgIpc) is 2.58. The second kappa shape index (κ2) is 8.28. The Bertz CT molecular complexity index is 738. The van der Waals surface area contributed by atoms with Gasteiger partial charge in [-0.05, 0) is 56.2 Å². The van der Waals surface area contributed by atoms with Gasteiger partial charge in [0.2, 0.25) is 0 Å². The number of halogens is 1. The van der Waals surface area contributed by atoms with E-state index in [9.17, 15) is 14.0 Å². The maximum atomic E-state index is 12.8. The molecule has 1 amide bonds. The molecule has 0 saturated heterocycles. The van der Waals surface area contributed by atoms with E-state index < -0.39 is 30.4 Å². The monoisotopic (exact) mass is 345 g/mol. The van der Waals surface area contributed by atoms with Crippen LogP contribution in [0.4, 0.5) is 10.1 Å². The van der Waals surface area contributed by atoms with Gasteiger partial charge in [-0.15, -0.1) is 0 Å². The standard InChI is InChI=1S/C19H20FNO4/c1-12-5-4-6-13(2)18(12)21-17(22)11-24-19(23)14(3)25-16-9-7-15(20)8-10-16/h4-10,14H,11H2,1-3H3,(H,21,22)/t14-/m0/s1. The third-order valence-corrected chi connectivity index (χ3v) is 3.55. The number of ether oxygens (including phenoxy) is 2. The molecule has 0 aliphatic rings. The molecule has 2 aromatic carbocycles. The molecule has 2 aromatic rings. The molecule has 0 fully saturated rings. The molecule has 0 aromatic heterocycles. The summed E-state index contributed by atoms with van der Waals surface area (Å²) < 4.78 is 23.1. The molecule has 2 rings (SSSR count). The van der Waals surface area contributed by atoms with E-state index in [2.05, 4.69) is 5.32 Å². The summed E-state index contributed by atoms with van der Waals surface area (Å²) in [6.45, 7) is 4.85. The lowest BCUT2D eigenvalue weighted by atomic mass is 10.1. The molecule has 0 heterocycles. The second-order valence-corrected chi connectivity index (χ2v) is 5.64. The number of esters is 1. The van der Waals surface area contributed by atoms with Gasteiger partial charge in [-0.3, -0.25) is 4.79 Å². The Labute approximate surface area is 145 Å². The van der Waals surface area contributed by atoms with Crippen molar-refractivity contribution >= 4 is 17.6 Å². The number of carbonyl (C=O) groups excluding carboxylic acids is 2. The summed E-state index contributed by atoms with van der Waals surface area (Å²) in [4.78, 5) is 23.9. The van der Waals surface area contributed by atoms with Crippen molar-refractivity contribution in [1.29, 1.82) is 0 Å². The van der Waals surface area contributed by atoms with Crippen LogP contribution in [-0.4, -0.2) is 24.6 Å². The average molecular weight is 345 g/mol. The first-order valence-electron chi connectivity index (χ1n) is 7.81. The van der Waals surface area contributed by atoms with Gasteiger partial charge in [0.1, 0.15) is 11.6 Å². The Morgan fingerprint density at radius 1 is 1.08 bits per heavy atom. The maximum absolute atomic E-state index is 12.8. The van der Waals surface area contributed by atoms with E-state index in [1.165, 1.54) is 31.2 Å². The van der Waals surface area contributed by atoms with E-state index >= 15 is 0 Å². The molecule has 0 spiro atoms. The highest BCUT2D eigenvalue weighted by atomic mass is 19.1. The summed E-state index contributed by atoms with van der Waals surface area (Å²) >= 11 is 0. The number of nitrogens with one attached hydrogen (secondary N) is 1. The van der Waals surface area contributed by atoms with Gasteiger partial charge in [-0.2, -0.15) is 0 Å². The summed E-state index contributed by atoms with van der Waals surface area (Å²) in [5, 5.41) is 2.73. The fraction of sp³-hybridized carbons (Fsp3) is 0.263. The van der Waals surface area contributed by atoms with Crippen LogP contribution < -0.4 is 10.1 Å². The number of anilines is 1. The third-order valence-electron chi connectivity index (χ3n) is 3.55. The fourth-order valence-electron chi connectivity index (χ4n) is 2.21. The molecular weight excluding hydrogens is 325 g/mol. The van der Waals surface area contributed by atoms with Crippen molar-refractivity contribution in [1.82, 2.24) is 0 Å². The Morgan fingerprint density at radius 2 is 1.68 bits per heavy atom. The summed E-state index contributed by atoms with van der Waals surface area (Å²) in [7, 11) is 0. The predicted octanol–water partition coefficient (Wildman–Crippen LogP) is 3.39. The van der Waals surface area contributed by atoms with Crippen LogP contribution in [-0.2, 0) is 14.3 Å². The number of benzene rings is 2. The Balaban J connectivity index is 1.84. The minimum absolute atomic E-state index is 0.339. The van der Waals surface area contributed by atoms with E-state index in [0.717, 1.165) is 11.1 Å². The van der Waals surface area contributed by atoms with Crippen molar-refractivity contribution in [2.24, 2.45) is 0 Å². The molecule has 0 aliphatic carbocycles. The van der Waals surface area contributed by atoms with Crippen LogP contribution in [0.25, 0.3) is 0 Å². The van der Waals surface area contributed by atoms with Gasteiger partial charge in [0, 0.05) is 5.69 Å². The number of hydrogen-bond donors (Lipinski definition) is 1. The van der Waals surface area contributed by atoms with Gasteiger partial charge in [0.05, 0.1) is 0 Å². The molecule has 5 nitrogen and oxygen atoms in total. The van der Waals surface area contributed by atoms with E-state index in [1.54, 1.807) is 0 Å². The van der Waals surface area contributed by atoms with Crippen molar-refractivity contribution in [3.63, 3.8) is 0 Å². The summed E-state index contributed by atoms with van der Waals surface area (Å²) in [6.07, 6.45) is -0.918. The molecule has 0 aliphatic heterocycles. The molecule has 6 heteroatoms. The summed E-state index contributed by atoms with van der Waals surface area (Å²) in [5.74, 6) is -1.17. The summed E-state index contributed by atoms with van der Waals surface area (Å²) in [5.41, 5.74) is 2.56. The number of hydrogen-bond acceptors (Lipinski definition) is 4. The highest BCUT2D eigenvalue weighted by Crippen LogP contribution is 2.19. The van der Waals surface area contributed by atoms with Gasteiger partial charge >= 0.3 is 5.97 Å². The van der Waals surface area contributed by atoms with E-state index in [4.69, 9.17) is 9.47 Å². The van der Waals surface area contributed by atoms with Crippen LogP contribution in [0.3, 0.4) is 0 Å². The van der Waals surface area contributed by atoms with Crippen molar-refractivity contribution in [2.75, 3.05) is 11.9 Å². The zero-order valence-corrected chi connectivity index (χ0v) is 14.3. The minimum atomic E-state index is -0.918. The van der Waals surface area contributed by atoms with Crippen LogP contribution in [0, 0.1) is 19.7 Å². The topological polar surface area (TPSA) is 64.6 Å². The molecule has 0 saturated carbocycles. The molecule has 132 valence electrons. The smallest absolute Gasteiger partial charge is 0.347 e. The zero-order valence-electron chi connectivity index (χ0n) is 14.3. The number of aryl methyl sites for hydroxylation is 2. The highest BCUT2D eigenvalue weighted by molar-refractivity contribution is 5.94. The van der Waals surface area contributed by atoms with Gasteiger partial charge < -0.3 is 14.8 Å². The molecule has 25 heavy (non-hydrogen) atoms. The first kappa shape index (κ1) is 18.4. The molecule has 0 bridgehead atoms. The number of carbonyl (C=O) groups is 2. The van der Waals surface area contributed by atoms with Crippen LogP contribution >= 0.6 is 0 Å². The molecule has 0 radical (unpaired) electrons. The Kier molecular flexibility index (Phi) is 6.11. The van der Waals surface area contributed by atoms with E-state index in [1.807, 2.05) is 32.0 Å². The van der Waals surface area contributed by atoms with Crippen molar-refractivity contribution in [2.45, 2.75) is 26.9 Å². The van der Waals surface area contributed by atoms with Crippen LogP contribution in [0.5, 0.6) is 5.75 Å². The van der Waals surface area contributed by atoms with E-state index in [-0.39, 0.29) is 0 Å². The third kappa shape index (κ3) is 5.31. The zero-order chi connectivity index (χ0) is 18.4. The number of amides is 1. The number of rotatable bonds is 6. The SMILES string of the molecule is Cc1cccc(C)c1NC(=O)COC(=O)[C@H](C)Oc1ccc(F)cc1. The first-order chi connectivity index (χ1) is 11.9. The normalized spacial score (nSPS) is 11.5. The molecule has 1 atom stereocenters. The first-order valence-corrected chi connectivity index (χ1v) is 7.81. The Hall–Kier alpha value is -2.89. The molecule has 1 N–H and O–H groups in total. The van der Waals surface area contributed by atoms with Crippen molar-refractivity contribution in [3.8, 4) is 5.75 Å². The van der Waals surface area contributed by atoms with Crippen molar-refractivity contribution < 1.29 is 23.5 Å². The number of para-hydroxylation sites is 1. The van der Waals surface area contributed by atoms with Gasteiger partial charge in [-0.1, -0.05) is 18.2 Å². The lowest BCUT2D eigenvalue weighted by molar-refractivity contribution is -0.153. The minimum Gasteiger partial charge on any atom is -0.479 e. The highest BCUT2D eigenvalue weighted by Gasteiger charge is 2.18. The molecular formula is C19H20FNO4. The maximum Gasteiger partial charge on any atom is 0.347 e. The van der Waals surface area contributed by atoms with E-state index in [0.29, 0.717) is 11.4 Å². The largest absolute Gasteiger partial charge is 0.479 e. The van der Waals surface area contributed by atoms with Crippen LogP contribution in [0.2, 0.25) is 0 Å². The fourth-order valence-corrected chi connectivity index (χ4v) is 2.21. The predicted molar refractivity (Wildman–Crippen MR) is 92.0 cm³/mol. The lowest BCUT2D eigenvalue weighted by Crippen LogP contribution is -2.30. The quantitative estimate of drug-likeness (QED) is 0.815. The molecule has 0 unspecified atom stereocenters. The van der Waals surface area contributed by atoms with Crippen LogP contribution in [0.15, 0.2) is 42.5 Å². The van der Waals surface area contributed by atoms with Gasteiger partial charge in [0.25, 0.3) is 5.91 Å². The summed E-state index contributed by atoms with van der Waals surface area (Å²) in [6, 6.07) is 10.9. The van der Waals surface area contributed by atoms with Crippen LogP contribution in [0.1, 0.15) is 18.1 Å². The van der Waals surface area contributed by atoms with Gasteiger partial charge in [-0.25, -0.2) is 9.18 Å². The van der Waals surface area contributed by atoms with Gasteiger partial charge in [0.15, 0.2) is 12.7 Å². The Morgan fingerprint density at radius 3 is 2.28 bits per heavy atom. The second-order valence-electron chi connectivity index (χ2n) is 5.64. The lowest BCUT2D eigenvalue weighted by Gasteiger charge is -2.15.